The highest BCUT2D eigenvalue weighted by Crippen LogP contribution is 2.20. The van der Waals surface area contributed by atoms with E-state index in [9.17, 15) is 4.55 Å². The minimum absolute atomic E-state index is 0.00117. The average molecular weight is 243 g/mol. The van der Waals surface area contributed by atoms with Crippen LogP contribution in [0.4, 0.5) is 0 Å². The highest BCUT2D eigenvalue weighted by Gasteiger charge is 2.29. The lowest BCUT2D eigenvalue weighted by Gasteiger charge is -2.26. The van der Waals surface area contributed by atoms with Crippen molar-refractivity contribution in [3.05, 3.63) is 17.5 Å². The van der Waals surface area contributed by atoms with Gasteiger partial charge in [-0.2, -0.15) is 5.10 Å². The zero-order valence-electron chi connectivity index (χ0n) is 10.9. The first kappa shape index (κ1) is 13.5. The Hall–Kier alpha value is -0.520. The lowest BCUT2D eigenvalue weighted by Crippen LogP contribution is -2.40. The molecule has 0 saturated heterocycles. The van der Waals surface area contributed by atoms with Gasteiger partial charge in [-0.3, -0.25) is 4.68 Å². The Morgan fingerprint density at radius 2 is 2.06 bits per heavy atom. The molecule has 0 bridgehead atoms. The van der Waals surface area contributed by atoms with Crippen LogP contribution in [0.3, 0.4) is 0 Å². The van der Waals surface area contributed by atoms with Gasteiger partial charge in [0.25, 0.3) is 0 Å². The van der Waals surface area contributed by atoms with Crippen molar-refractivity contribution in [2.45, 2.75) is 45.4 Å². The smallest absolute Gasteiger partial charge is 0.136 e. The topological polar surface area (TPSA) is 52.9 Å². The van der Waals surface area contributed by atoms with Gasteiger partial charge in [0.05, 0.1) is 11.7 Å². The number of hydrogen-bond acceptors (Lipinski definition) is 3. The minimum atomic E-state index is -1.07. The summed E-state index contributed by atoms with van der Waals surface area (Å²) < 4.78 is 16.5. The minimum Gasteiger partial charge on any atom is -0.598 e. The third kappa shape index (κ3) is 3.23. The standard InChI is InChI=1S/C11H21N3OS/c1-8-7-14(6)12-10(8)9(2)13-16(15)11(3,4)5/h7,9,13H,1-6H3/t9-,16?/m0/s1. The van der Waals surface area contributed by atoms with E-state index in [4.69, 9.17) is 0 Å². The van der Waals surface area contributed by atoms with Crippen molar-refractivity contribution < 1.29 is 4.55 Å². The van der Waals surface area contributed by atoms with Crippen molar-refractivity contribution in [1.82, 2.24) is 14.5 Å². The quantitative estimate of drug-likeness (QED) is 0.824. The maximum Gasteiger partial charge on any atom is 0.136 e. The van der Waals surface area contributed by atoms with E-state index in [0.29, 0.717) is 0 Å². The van der Waals surface area contributed by atoms with E-state index in [0.717, 1.165) is 11.3 Å². The molecule has 1 unspecified atom stereocenters. The molecule has 1 heterocycles. The molecule has 5 heteroatoms. The second kappa shape index (κ2) is 4.77. The molecule has 1 aromatic heterocycles. The lowest BCUT2D eigenvalue weighted by molar-refractivity contribution is 0.527. The van der Waals surface area contributed by atoms with Gasteiger partial charge in [-0.05, 0) is 40.2 Å². The van der Waals surface area contributed by atoms with Crippen LogP contribution in [0.15, 0.2) is 6.20 Å². The van der Waals surface area contributed by atoms with E-state index in [1.54, 1.807) is 4.68 Å². The normalized spacial score (nSPS) is 16.2. The molecule has 0 aliphatic rings. The zero-order chi connectivity index (χ0) is 12.5. The van der Waals surface area contributed by atoms with Crippen molar-refractivity contribution in [3.8, 4) is 0 Å². The highest BCUT2D eigenvalue weighted by molar-refractivity contribution is 7.90. The zero-order valence-corrected chi connectivity index (χ0v) is 11.7. The van der Waals surface area contributed by atoms with Crippen molar-refractivity contribution in [2.24, 2.45) is 7.05 Å². The van der Waals surface area contributed by atoms with Gasteiger partial charge in [0.15, 0.2) is 0 Å². The molecule has 0 spiro atoms. The van der Waals surface area contributed by atoms with Gasteiger partial charge in [-0.25, -0.2) is 0 Å². The number of nitrogens with one attached hydrogen (secondary N) is 1. The molecule has 0 aliphatic heterocycles. The number of aryl methyl sites for hydroxylation is 2. The third-order valence-electron chi connectivity index (χ3n) is 2.30. The molecule has 2 atom stereocenters. The molecular formula is C11H21N3OS. The number of hydrogen-bond donors (Lipinski definition) is 1. The molecule has 1 N–H and O–H groups in total. The second-order valence-electron chi connectivity index (χ2n) is 5.09. The molecule has 4 nitrogen and oxygen atoms in total. The fourth-order valence-electron chi connectivity index (χ4n) is 1.45. The summed E-state index contributed by atoms with van der Waals surface area (Å²) in [7, 11) is 1.89. The molecular weight excluding hydrogens is 222 g/mol. The molecule has 0 amide bonds. The SMILES string of the molecule is Cc1cn(C)nc1[C@H](C)N[S+]([O-])C(C)(C)C. The highest BCUT2D eigenvalue weighted by atomic mass is 32.2. The van der Waals surface area contributed by atoms with Crippen LogP contribution in [-0.2, 0) is 18.4 Å². The molecule has 1 rings (SSSR count). The maximum atomic E-state index is 11.9. The Bertz CT molecular complexity index is 357. The summed E-state index contributed by atoms with van der Waals surface area (Å²) in [6, 6.07) is 0.00117. The van der Waals surface area contributed by atoms with Gasteiger partial charge in [0.2, 0.25) is 0 Å². The fourth-order valence-corrected chi connectivity index (χ4v) is 2.23. The summed E-state index contributed by atoms with van der Waals surface area (Å²) in [6.45, 7) is 9.86. The van der Waals surface area contributed by atoms with Crippen LogP contribution in [0.5, 0.6) is 0 Å². The Morgan fingerprint density at radius 1 is 1.50 bits per heavy atom. The summed E-state index contributed by atoms with van der Waals surface area (Å²) in [5, 5.41) is 4.36. The Kier molecular flexibility index (Phi) is 4.04. The maximum absolute atomic E-state index is 11.9. The van der Waals surface area contributed by atoms with E-state index in [2.05, 4.69) is 9.82 Å². The summed E-state index contributed by atoms with van der Waals surface area (Å²) in [6.07, 6.45) is 1.97. The van der Waals surface area contributed by atoms with Gasteiger partial charge in [-0.15, -0.1) is 4.72 Å². The first-order valence-electron chi connectivity index (χ1n) is 5.40. The van der Waals surface area contributed by atoms with Crippen LogP contribution >= 0.6 is 0 Å². The predicted molar refractivity (Wildman–Crippen MR) is 67.4 cm³/mol. The Balaban J connectivity index is 2.73. The molecule has 0 aromatic carbocycles. The van der Waals surface area contributed by atoms with Gasteiger partial charge < -0.3 is 4.55 Å². The lowest BCUT2D eigenvalue weighted by atomic mass is 10.2. The monoisotopic (exact) mass is 243 g/mol. The van der Waals surface area contributed by atoms with Gasteiger partial charge in [0, 0.05) is 24.6 Å². The number of rotatable bonds is 3. The van der Waals surface area contributed by atoms with Gasteiger partial charge >= 0.3 is 0 Å². The van der Waals surface area contributed by atoms with E-state index < -0.39 is 11.4 Å². The molecule has 1 aromatic rings. The predicted octanol–water partition coefficient (Wildman–Crippen LogP) is 1.84. The third-order valence-corrected chi connectivity index (χ3v) is 3.98. The van der Waals surface area contributed by atoms with Gasteiger partial charge in [-0.1, -0.05) is 0 Å². The van der Waals surface area contributed by atoms with Crippen LogP contribution in [0.2, 0.25) is 0 Å². The van der Waals surface area contributed by atoms with Crippen molar-refractivity contribution in [2.75, 3.05) is 0 Å². The second-order valence-corrected chi connectivity index (χ2v) is 7.09. The van der Waals surface area contributed by atoms with E-state index in [-0.39, 0.29) is 10.8 Å². The van der Waals surface area contributed by atoms with Gasteiger partial charge in [0.1, 0.15) is 4.75 Å². The molecule has 92 valence electrons. The average Bonchev–Trinajstić information content (AvgIpc) is 2.43. The summed E-state index contributed by atoms with van der Waals surface area (Å²) in [4.78, 5) is 0. The van der Waals surface area contributed by atoms with Crippen LogP contribution < -0.4 is 4.72 Å². The first-order valence-corrected chi connectivity index (χ1v) is 6.55. The summed E-state index contributed by atoms with van der Waals surface area (Å²) >= 11 is -1.07. The summed E-state index contributed by atoms with van der Waals surface area (Å²) in [5.41, 5.74) is 2.08. The number of aromatic nitrogens is 2. The van der Waals surface area contributed by atoms with Crippen LogP contribution in [0.1, 0.15) is 45.0 Å². The molecule has 0 aliphatic carbocycles. The number of nitrogens with zero attached hydrogens (tertiary/aromatic N) is 2. The molecule has 16 heavy (non-hydrogen) atoms. The fraction of sp³-hybridized carbons (Fsp3) is 0.727. The first-order chi connectivity index (χ1) is 7.21. The molecule has 0 fully saturated rings. The van der Waals surface area contributed by atoms with E-state index in [1.165, 1.54) is 0 Å². The van der Waals surface area contributed by atoms with Crippen molar-refractivity contribution in [1.29, 1.82) is 0 Å². The van der Waals surface area contributed by atoms with Crippen LogP contribution in [0, 0.1) is 6.92 Å². The van der Waals surface area contributed by atoms with Crippen molar-refractivity contribution in [3.63, 3.8) is 0 Å². The Labute approximate surface area is 101 Å². The van der Waals surface area contributed by atoms with Crippen molar-refractivity contribution >= 4 is 11.4 Å². The van der Waals surface area contributed by atoms with E-state index >= 15 is 0 Å². The van der Waals surface area contributed by atoms with Crippen LogP contribution in [-0.4, -0.2) is 19.1 Å². The van der Waals surface area contributed by atoms with E-state index in [1.807, 2.05) is 47.9 Å². The molecule has 0 saturated carbocycles. The summed E-state index contributed by atoms with van der Waals surface area (Å²) in [5.74, 6) is 0. The molecule has 0 radical (unpaired) electrons. The Morgan fingerprint density at radius 3 is 2.44 bits per heavy atom. The largest absolute Gasteiger partial charge is 0.598 e. The van der Waals surface area contributed by atoms with Crippen LogP contribution in [0.25, 0.3) is 0 Å².